The highest BCUT2D eigenvalue weighted by Crippen LogP contribution is 2.44. The Balaban J connectivity index is 1.66. The number of nitrogens with one attached hydrogen (secondary N) is 1. The van der Waals surface area contributed by atoms with Crippen molar-refractivity contribution < 1.29 is 9.47 Å². The summed E-state index contributed by atoms with van der Waals surface area (Å²) in [6.45, 7) is 4.29. The van der Waals surface area contributed by atoms with E-state index in [0.29, 0.717) is 5.11 Å². The van der Waals surface area contributed by atoms with Crippen LogP contribution in [0.2, 0.25) is 0 Å². The molecule has 3 heterocycles. The molecule has 0 radical (unpaired) electrons. The van der Waals surface area contributed by atoms with E-state index in [2.05, 4.69) is 57.9 Å². The molecule has 0 unspecified atom stereocenters. The molecule has 6 nitrogen and oxygen atoms in total. The van der Waals surface area contributed by atoms with Crippen LogP contribution < -0.4 is 19.7 Å². The minimum absolute atomic E-state index is 0.0947. The molecule has 5 rings (SSSR count). The number of pyridine rings is 1. The van der Waals surface area contributed by atoms with Crippen molar-refractivity contribution in [3.63, 3.8) is 0 Å². The van der Waals surface area contributed by atoms with E-state index in [-0.39, 0.29) is 12.1 Å². The molecule has 0 spiro atoms. The normalized spacial score (nSPS) is 17.4. The largest absolute Gasteiger partial charge is 0.497 e. The maximum atomic E-state index is 5.89. The summed E-state index contributed by atoms with van der Waals surface area (Å²) in [6.07, 6.45) is 1.83. The van der Waals surface area contributed by atoms with E-state index in [0.717, 1.165) is 40.0 Å². The predicted octanol–water partition coefficient (Wildman–Crippen LogP) is 5.68. The first kappa shape index (κ1) is 22.9. The quantitative estimate of drug-likeness (QED) is 0.355. The molecule has 7 heteroatoms. The predicted molar refractivity (Wildman–Crippen MR) is 143 cm³/mol. The molecule has 1 N–H and O–H groups in total. The van der Waals surface area contributed by atoms with E-state index in [1.165, 1.54) is 5.56 Å². The molecular formula is C28H28N4O2S. The number of hydrogen-bond acceptors (Lipinski definition) is 4. The number of thiocarbonyl (C=S) groups is 1. The maximum absolute atomic E-state index is 5.89. The van der Waals surface area contributed by atoms with Gasteiger partial charge in [-0.25, -0.2) is 0 Å². The van der Waals surface area contributed by atoms with Crippen molar-refractivity contribution >= 4 is 23.0 Å². The summed E-state index contributed by atoms with van der Waals surface area (Å²) in [5.74, 6) is 1.62. The molecule has 1 aliphatic rings. The minimum Gasteiger partial charge on any atom is -0.497 e. The van der Waals surface area contributed by atoms with Gasteiger partial charge in [0.15, 0.2) is 5.11 Å². The van der Waals surface area contributed by atoms with Gasteiger partial charge in [0, 0.05) is 35.0 Å². The lowest BCUT2D eigenvalue weighted by atomic mass is 9.96. The zero-order valence-corrected chi connectivity index (χ0v) is 21.0. The van der Waals surface area contributed by atoms with E-state index in [4.69, 9.17) is 21.7 Å². The van der Waals surface area contributed by atoms with Gasteiger partial charge in [0.05, 0.1) is 32.0 Å². The van der Waals surface area contributed by atoms with Gasteiger partial charge in [0.2, 0.25) is 0 Å². The number of anilines is 1. The Hall–Kier alpha value is -3.84. The van der Waals surface area contributed by atoms with Gasteiger partial charge in [-0.05, 0) is 86.2 Å². The van der Waals surface area contributed by atoms with Crippen LogP contribution >= 0.6 is 12.2 Å². The highest BCUT2D eigenvalue weighted by Gasteiger charge is 2.42. The Labute approximate surface area is 211 Å². The Morgan fingerprint density at radius 2 is 1.63 bits per heavy atom. The first-order chi connectivity index (χ1) is 17.0. The summed E-state index contributed by atoms with van der Waals surface area (Å²) >= 11 is 5.89. The Bertz CT molecular complexity index is 1350. The van der Waals surface area contributed by atoms with Crippen LogP contribution in [-0.2, 0) is 0 Å². The van der Waals surface area contributed by atoms with Crippen LogP contribution in [0.1, 0.15) is 34.7 Å². The van der Waals surface area contributed by atoms with Crippen molar-refractivity contribution in [2.24, 2.45) is 0 Å². The fourth-order valence-corrected chi connectivity index (χ4v) is 5.27. The molecule has 0 aliphatic carbocycles. The third kappa shape index (κ3) is 4.12. The SMILES string of the molecule is COc1ccc(-n2c(C)cc([C@H]3[C@H](c4ccccn4)NC(=S)N3c3cccc(OC)c3)c2C)cc1. The molecule has 1 aliphatic heterocycles. The smallest absolute Gasteiger partial charge is 0.174 e. The molecule has 1 saturated heterocycles. The summed E-state index contributed by atoms with van der Waals surface area (Å²) in [4.78, 5) is 6.85. The second kappa shape index (κ2) is 9.43. The second-order valence-corrected chi connectivity index (χ2v) is 8.94. The number of aryl methyl sites for hydroxylation is 1. The van der Waals surface area contributed by atoms with Gasteiger partial charge in [0.1, 0.15) is 11.5 Å². The number of hydrogen-bond donors (Lipinski definition) is 1. The molecule has 4 aromatic rings. The summed E-state index contributed by atoms with van der Waals surface area (Å²) in [5, 5.41) is 4.20. The van der Waals surface area contributed by atoms with E-state index < -0.39 is 0 Å². The Morgan fingerprint density at radius 3 is 2.31 bits per heavy atom. The third-order valence-corrected chi connectivity index (χ3v) is 6.86. The first-order valence-electron chi connectivity index (χ1n) is 11.5. The molecule has 2 aromatic carbocycles. The van der Waals surface area contributed by atoms with Crippen LogP contribution in [0.4, 0.5) is 5.69 Å². The number of nitrogens with zero attached hydrogens (tertiary/aromatic N) is 3. The highest BCUT2D eigenvalue weighted by molar-refractivity contribution is 7.80. The first-order valence-corrected chi connectivity index (χ1v) is 11.9. The average molecular weight is 485 g/mol. The lowest BCUT2D eigenvalue weighted by molar-refractivity contribution is 0.414. The second-order valence-electron chi connectivity index (χ2n) is 8.56. The number of ether oxygens (including phenoxy) is 2. The summed E-state index contributed by atoms with van der Waals surface area (Å²) in [7, 11) is 3.36. The molecular weight excluding hydrogens is 456 g/mol. The zero-order chi connectivity index (χ0) is 24.5. The fourth-order valence-electron chi connectivity index (χ4n) is 4.92. The van der Waals surface area contributed by atoms with Crippen LogP contribution in [0, 0.1) is 13.8 Å². The molecule has 0 amide bonds. The van der Waals surface area contributed by atoms with Gasteiger partial charge in [-0.3, -0.25) is 4.98 Å². The van der Waals surface area contributed by atoms with E-state index in [9.17, 15) is 0 Å². The average Bonchev–Trinajstić information content (AvgIpc) is 3.39. The Kier molecular flexibility index (Phi) is 6.17. The van der Waals surface area contributed by atoms with Crippen LogP contribution in [0.5, 0.6) is 11.5 Å². The summed E-state index contributed by atoms with van der Waals surface area (Å²) in [6, 6.07) is 24.2. The van der Waals surface area contributed by atoms with Gasteiger partial charge in [0.25, 0.3) is 0 Å². The van der Waals surface area contributed by atoms with Crippen molar-refractivity contribution in [2.45, 2.75) is 25.9 Å². The number of methoxy groups -OCH3 is 2. The Morgan fingerprint density at radius 1 is 0.857 bits per heavy atom. The van der Waals surface area contributed by atoms with Crippen molar-refractivity contribution in [1.29, 1.82) is 0 Å². The summed E-state index contributed by atoms with van der Waals surface area (Å²) < 4.78 is 13.1. The number of rotatable bonds is 6. The zero-order valence-electron chi connectivity index (χ0n) is 20.2. The number of aromatic nitrogens is 2. The topological polar surface area (TPSA) is 51.5 Å². The lowest BCUT2D eigenvalue weighted by Gasteiger charge is -2.28. The van der Waals surface area contributed by atoms with E-state index >= 15 is 0 Å². The van der Waals surface area contributed by atoms with Crippen LogP contribution in [0.15, 0.2) is 79.0 Å². The third-order valence-electron chi connectivity index (χ3n) is 6.55. The van der Waals surface area contributed by atoms with Gasteiger partial charge in [-0.1, -0.05) is 12.1 Å². The van der Waals surface area contributed by atoms with Gasteiger partial charge >= 0.3 is 0 Å². The lowest BCUT2D eigenvalue weighted by Crippen LogP contribution is -2.29. The highest BCUT2D eigenvalue weighted by atomic mass is 32.1. The van der Waals surface area contributed by atoms with E-state index in [1.54, 1.807) is 14.2 Å². The molecule has 0 saturated carbocycles. The van der Waals surface area contributed by atoms with Crippen LogP contribution in [-0.4, -0.2) is 28.9 Å². The van der Waals surface area contributed by atoms with E-state index in [1.807, 2.05) is 54.7 Å². The standard InChI is InChI=1S/C28H28N4O2S/c1-18-16-24(19(2)31(18)20-11-13-22(33-3)14-12-20)27-26(25-10-5-6-15-29-25)30-28(35)32(27)21-8-7-9-23(17-21)34-4/h5-17,26-27H,1-4H3,(H,30,35)/t26-,27-/m0/s1. The molecule has 178 valence electrons. The van der Waals surface area contributed by atoms with Crippen molar-refractivity contribution in [1.82, 2.24) is 14.9 Å². The number of benzene rings is 2. The monoisotopic (exact) mass is 484 g/mol. The van der Waals surface area contributed by atoms with Crippen molar-refractivity contribution in [3.05, 3.63) is 102 Å². The van der Waals surface area contributed by atoms with Crippen molar-refractivity contribution in [3.8, 4) is 17.2 Å². The van der Waals surface area contributed by atoms with Gasteiger partial charge in [-0.15, -0.1) is 0 Å². The minimum atomic E-state index is -0.111. The molecule has 2 aromatic heterocycles. The fraction of sp³-hybridized carbons (Fsp3) is 0.214. The van der Waals surface area contributed by atoms with Gasteiger partial charge in [-0.2, -0.15) is 0 Å². The maximum Gasteiger partial charge on any atom is 0.174 e. The van der Waals surface area contributed by atoms with Gasteiger partial charge < -0.3 is 24.3 Å². The van der Waals surface area contributed by atoms with Crippen LogP contribution in [0.3, 0.4) is 0 Å². The van der Waals surface area contributed by atoms with Crippen LogP contribution in [0.25, 0.3) is 5.69 Å². The van der Waals surface area contributed by atoms with Crippen molar-refractivity contribution in [2.75, 3.05) is 19.1 Å². The molecule has 1 fully saturated rings. The molecule has 35 heavy (non-hydrogen) atoms. The summed E-state index contributed by atoms with van der Waals surface area (Å²) in [5.41, 5.74) is 6.48. The molecule has 0 bridgehead atoms. The molecule has 2 atom stereocenters.